The zero-order valence-corrected chi connectivity index (χ0v) is 16.0. The number of nitrogens with zero attached hydrogens (tertiary/aromatic N) is 3. The summed E-state index contributed by atoms with van der Waals surface area (Å²) in [7, 11) is 0. The molecular weight excluding hydrogens is 376 g/mol. The highest BCUT2D eigenvalue weighted by Crippen LogP contribution is 2.32. The van der Waals surface area contributed by atoms with Crippen LogP contribution in [0.2, 0.25) is 0 Å². The summed E-state index contributed by atoms with van der Waals surface area (Å²) in [6.07, 6.45) is 1.80. The van der Waals surface area contributed by atoms with Crippen LogP contribution >= 0.6 is 23.1 Å². The number of hydrogen-bond acceptors (Lipinski definition) is 8. The fourth-order valence-electron chi connectivity index (χ4n) is 2.56. The van der Waals surface area contributed by atoms with Gasteiger partial charge in [0.05, 0.1) is 24.8 Å². The minimum absolute atomic E-state index is 0.0766. The molecule has 1 unspecified atom stereocenters. The van der Waals surface area contributed by atoms with Gasteiger partial charge in [0.25, 0.3) is 5.56 Å². The zero-order valence-electron chi connectivity index (χ0n) is 14.4. The van der Waals surface area contributed by atoms with Crippen molar-refractivity contribution in [2.24, 2.45) is 0 Å². The van der Waals surface area contributed by atoms with Crippen molar-refractivity contribution in [3.63, 3.8) is 0 Å². The van der Waals surface area contributed by atoms with E-state index in [1.165, 1.54) is 23.1 Å². The Bertz CT molecular complexity index is 893. The molecule has 3 rings (SSSR count). The Hall–Kier alpha value is -2.20. The summed E-state index contributed by atoms with van der Waals surface area (Å²) in [5, 5.41) is 5.51. The van der Waals surface area contributed by atoms with Crippen LogP contribution in [0.15, 0.2) is 21.5 Å². The molecule has 0 radical (unpaired) electrons. The van der Waals surface area contributed by atoms with Gasteiger partial charge >= 0.3 is 5.97 Å². The van der Waals surface area contributed by atoms with Gasteiger partial charge in [0.2, 0.25) is 5.91 Å². The van der Waals surface area contributed by atoms with E-state index in [4.69, 9.17) is 4.74 Å². The van der Waals surface area contributed by atoms with Crippen molar-refractivity contribution in [3.05, 3.63) is 33.2 Å². The summed E-state index contributed by atoms with van der Waals surface area (Å²) in [5.74, 6) is 0.0526. The van der Waals surface area contributed by atoms with E-state index >= 15 is 0 Å². The normalized spacial score (nSPS) is 15.5. The molecule has 0 aliphatic carbocycles. The largest absolute Gasteiger partial charge is 0.466 e. The number of nitrogens with one attached hydrogen (secondary N) is 1. The van der Waals surface area contributed by atoms with Crippen LogP contribution in [0.25, 0.3) is 0 Å². The Morgan fingerprint density at radius 2 is 2.27 bits per heavy atom. The second kappa shape index (κ2) is 8.00. The maximum atomic E-state index is 12.3. The second-order valence-electron chi connectivity index (χ2n) is 5.74. The number of thioether (sulfide) groups is 1. The molecule has 1 N–H and O–H groups in total. The lowest BCUT2D eigenvalue weighted by Gasteiger charge is -2.12. The standard InChI is InChI=1S/C16H18N4O4S2/c1-3-24-13(22)4-10-7-25-15(18-10)19-12(21)5-11-8-26-16-17-6-9(2)14(23)20(11)16/h6-7,11H,3-5,8H2,1-2H3,(H,18,19,21). The molecule has 10 heteroatoms. The Kier molecular flexibility index (Phi) is 5.72. The van der Waals surface area contributed by atoms with Gasteiger partial charge in [-0.15, -0.1) is 11.3 Å². The lowest BCUT2D eigenvalue weighted by atomic mass is 10.2. The average molecular weight is 394 g/mol. The number of ether oxygens (including phenoxy) is 1. The van der Waals surface area contributed by atoms with Crippen LogP contribution in [-0.2, 0) is 20.7 Å². The summed E-state index contributed by atoms with van der Waals surface area (Å²) >= 11 is 2.72. The van der Waals surface area contributed by atoms with E-state index in [1.54, 1.807) is 30.0 Å². The number of aromatic nitrogens is 3. The van der Waals surface area contributed by atoms with E-state index in [1.807, 2.05) is 0 Å². The van der Waals surface area contributed by atoms with E-state index in [0.717, 1.165) is 0 Å². The number of hydrogen-bond donors (Lipinski definition) is 1. The number of amides is 1. The molecule has 2 aromatic rings. The maximum absolute atomic E-state index is 12.3. The molecule has 0 spiro atoms. The zero-order chi connectivity index (χ0) is 18.7. The van der Waals surface area contributed by atoms with Crippen molar-refractivity contribution in [1.82, 2.24) is 14.5 Å². The van der Waals surface area contributed by atoms with Gasteiger partial charge in [0.15, 0.2) is 10.3 Å². The molecule has 0 bridgehead atoms. The van der Waals surface area contributed by atoms with E-state index in [2.05, 4.69) is 15.3 Å². The monoisotopic (exact) mass is 394 g/mol. The number of carbonyl (C=O) groups excluding carboxylic acids is 2. The number of esters is 1. The van der Waals surface area contributed by atoms with Crippen molar-refractivity contribution < 1.29 is 14.3 Å². The van der Waals surface area contributed by atoms with Crippen LogP contribution in [0, 0.1) is 6.92 Å². The maximum Gasteiger partial charge on any atom is 0.311 e. The first-order valence-electron chi connectivity index (χ1n) is 8.08. The molecule has 138 valence electrons. The third-order valence-electron chi connectivity index (χ3n) is 3.75. The Morgan fingerprint density at radius 1 is 1.46 bits per heavy atom. The van der Waals surface area contributed by atoms with Crippen LogP contribution in [0.5, 0.6) is 0 Å². The van der Waals surface area contributed by atoms with Gasteiger partial charge in [-0.25, -0.2) is 9.97 Å². The molecule has 0 aromatic carbocycles. The molecule has 1 aliphatic rings. The summed E-state index contributed by atoms with van der Waals surface area (Å²) < 4.78 is 6.47. The predicted octanol–water partition coefficient (Wildman–Crippen LogP) is 1.79. The molecule has 0 saturated heterocycles. The number of fused-ring (bicyclic) bond motifs is 1. The van der Waals surface area contributed by atoms with E-state index in [9.17, 15) is 14.4 Å². The van der Waals surface area contributed by atoms with Gasteiger partial charge in [0.1, 0.15) is 0 Å². The Morgan fingerprint density at radius 3 is 3.04 bits per heavy atom. The van der Waals surface area contributed by atoms with E-state index < -0.39 is 0 Å². The fraction of sp³-hybridized carbons (Fsp3) is 0.438. The molecule has 8 nitrogen and oxygen atoms in total. The van der Waals surface area contributed by atoms with Crippen LogP contribution in [0.4, 0.5) is 5.13 Å². The number of thiazole rings is 1. The summed E-state index contributed by atoms with van der Waals surface area (Å²) in [6.45, 7) is 3.77. The van der Waals surface area contributed by atoms with Gasteiger partial charge in [-0.2, -0.15) is 0 Å². The summed E-state index contributed by atoms with van der Waals surface area (Å²) in [5.41, 5.74) is 1.01. The van der Waals surface area contributed by atoms with E-state index in [0.29, 0.717) is 33.9 Å². The molecule has 26 heavy (non-hydrogen) atoms. The van der Waals surface area contributed by atoms with Crippen LogP contribution in [0.1, 0.15) is 30.6 Å². The Balaban J connectivity index is 1.61. The van der Waals surface area contributed by atoms with Crippen molar-refractivity contribution >= 4 is 40.1 Å². The van der Waals surface area contributed by atoms with E-state index in [-0.39, 0.29) is 36.3 Å². The number of carbonyl (C=O) groups is 2. The molecule has 1 amide bonds. The predicted molar refractivity (Wildman–Crippen MR) is 98.7 cm³/mol. The highest BCUT2D eigenvalue weighted by atomic mass is 32.2. The molecular formula is C16H18N4O4S2. The molecule has 1 atom stereocenters. The summed E-state index contributed by atoms with van der Waals surface area (Å²) in [6, 6.07) is -0.228. The van der Waals surface area contributed by atoms with Gasteiger partial charge in [-0.05, 0) is 13.8 Å². The van der Waals surface area contributed by atoms with Crippen LogP contribution in [-0.4, -0.2) is 38.8 Å². The lowest BCUT2D eigenvalue weighted by Crippen LogP contribution is -2.28. The lowest BCUT2D eigenvalue weighted by molar-refractivity contribution is -0.142. The van der Waals surface area contributed by atoms with Crippen molar-refractivity contribution in [1.29, 1.82) is 0 Å². The Labute approximate surface area is 158 Å². The third-order valence-corrected chi connectivity index (χ3v) is 5.67. The van der Waals surface area contributed by atoms with Gasteiger partial charge < -0.3 is 10.1 Å². The highest BCUT2D eigenvalue weighted by molar-refractivity contribution is 7.99. The van der Waals surface area contributed by atoms with Crippen molar-refractivity contribution in [2.45, 2.75) is 37.9 Å². The molecule has 2 aromatic heterocycles. The van der Waals surface area contributed by atoms with Gasteiger partial charge in [-0.3, -0.25) is 19.0 Å². The minimum atomic E-state index is -0.350. The van der Waals surface area contributed by atoms with Crippen molar-refractivity contribution in [2.75, 3.05) is 17.7 Å². The van der Waals surface area contributed by atoms with Crippen LogP contribution < -0.4 is 10.9 Å². The summed E-state index contributed by atoms with van der Waals surface area (Å²) in [4.78, 5) is 44.6. The first-order valence-corrected chi connectivity index (χ1v) is 9.95. The number of rotatable bonds is 6. The molecule has 0 fully saturated rings. The quantitative estimate of drug-likeness (QED) is 0.588. The molecule has 1 aliphatic heterocycles. The number of aryl methyl sites for hydroxylation is 1. The SMILES string of the molecule is CCOC(=O)Cc1csc(NC(=O)CC2CSc3ncc(C)c(=O)n32)n1. The molecule has 3 heterocycles. The van der Waals surface area contributed by atoms with Gasteiger partial charge in [-0.1, -0.05) is 11.8 Å². The fourth-order valence-corrected chi connectivity index (χ4v) is 4.39. The average Bonchev–Trinajstić information content (AvgIpc) is 3.18. The minimum Gasteiger partial charge on any atom is -0.466 e. The molecule has 0 saturated carbocycles. The first kappa shape index (κ1) is 18.6. The van der Waals surface area contributed by atoms with Crippen molar-refractivity contribution in [3.8, 4) is 0 Å². The topological polar surface area (TPSA) is 103 Å². The van der Waals surface area contributed by atoms with Crippen LogP contribution in [0.3, 0.4) is 0 Å². The highest BCUT2D eigenvalue weighted by Gasteiger charge is 2.27. The third kappa shape index (κ3) is 4.13. The second-order valence-corrected chi connectivity index (χ2v) is 7.59. The van der Waals surface area contributed by atoms with Gasteiger partial charge in [0, 0.05) is 29.3 Å². The first-order chi connectivity index (χ1) is 12.5. The number of anilines is 1. The smallest absolute Gasteiger partial charge is 0.311 e.